The summed E-state index contributed by atoms with van der Waals surface area (Å²) in [6.45, 7) is 0.0511. The quantitative estimate of drug-likeness (QED) is 0.678. The molecule has 1 amide bonds. The van der Waals surface area contributed by atoms with Crippen LogP contribution in [-0.4, -0.2) is 22.8 Å². The molecule has 0 bridgehead atoms. The Bertz CT molecular complexity index is 531. The van der Waals surface area contributed by atoms with Crippen molar-refractivity contribution in [3.63, 3.8) is 0 Å². The molecule has 1 fully saturated rings. The van der Waals surface area contributed by atoms with Crippen molar-refractivity contribution in [3.05, 3.63) is 39.9 Å². The lowest BCUT2D eigenvalue weighted by Gasteiger charge is -2.21. The van der Waals surface area contributed by atoms with Gasteiger partial charge in [0.25, 0.3) is 5.69 Å². The number of hydrogen-bond donors (Lipinski definition) is 1. The standard InChI is InChI=1S/C14H16N2O5/c17-13-7-3-11(4-8-13)15-14(18)21-9-10-1-5-12(6-2-10)16(19)20/h1-2,5-6,11H,3-4,7-9H2,(H,15,18). The van der Waals surface area contributed by atoms with Crippen LogP contribution < -0.4 is 5.32 Å². The van der Waals surface area contributed by atoms with E-state index in [0.29, 0.717) is 31.2 Å². The summed E-state index contributed by atoms with van der Waals surface area (Å²) in [5.41, 5.74) is 0.671. The van der Waals surface area contributed by atoms with E-state index < -0.39 is 11.0 Å². The number of nitro benzene ring substituents is 1. The van der Waals surface area contributed by atoms with E-state index in [1.165, 1.54) is 12.1 Å². The summed E-state index contributed by atoms with van der Waals surface area (Å²) < 4.78 is 5.05. The van der Waals surface area contributed by atoms with Crippen LogP contribution in [0, 0.1) is 10.1 Å². The maximum atomic E-state index is 11.6. The summed E-state index contributed by atoms with van der Waals surface area (Å²) in [7, 11) is 0. The third kappa shape index (κ3) is 4.55. The fourth-order valence-electron chi connectivity index (χ4n) is 2.16. The van der Waals surface area contributed by atoms with Gasteiger partial charge in [-0.15, -0.1) is 0 Å². The molecule has 7 heteroatoms. The van der Waals surface area contributed by atoms with Crippen LogP contribution in [0.3, 0.4) is 0 Å². The molecule has 0 aromatic heterocycles. The van der Waals surface area contributed by atoms with Crippen LogP contribution in [0.5, 0.6) is 0 Å². The molecule has 7 nitrogen and oxygen atoms in total. The molecular formula is C14H16N2O5. The Labute approximate surface area is 121 Å². The Balaban J connectivity index is 1.75. The number of nitro groups is 1. The molecule has 1 aromatic carbocycles. The summed E-state index contributed by atoms with van der Waals surface area (Å²) in [5.74, 6) is 0.229. The van der Waals surface area contributed by atoms with Crippen LogP contribution in [0.1, 0.15) is 31.2 Å². The highest BCUT2D eigenvalue weighted by molar-refractivity contribution is 5.79. The largest absolute Gasteiger partial charge is 0.445 e. The molecule has 0 unspecified atom stereocenters. The van der Waals surface area contributed by atoms with Crippen LogP contribution in [0.25, 0.3) is 0 Å². The second kappa shape index (κ2) is 6.83. The Morgan fingerprint density at radius 2 is 1.90 bits per heavy atom. The predicted octanol–water partition coefficient (Wildman–Crippen LogP) is 2.33. The molecular weight excluding hydrogens is 276 g/mol. The molecule has 1 aliphatic rings. The van der Waals surface area contributed by atoms with Gasteiger partial charge in [0.05, 0.1) is 4.92 Å². The number of nitrogens with one attached hydrogen (secondary N) is 1. The molecule has 112 valence electrons. The van der Waals surface area contributed by atoms with E-state index in [2.05, 4.69) is 5.32 Å². The lowest BCUT2D eigenvalue weighted by molar-refractivity contribution is -0.384. The Hall–Kier alpha value is -2.44. The zero-order valence-electron chi connectivity index (χ0n) is 11.4. The molecule has 1 saturated carbocycles. The smallest absolute Gasteiger partial charge is 0.407 e. The van der Waals surface area contributed by atoms with Crippen LogP contribution >= 0.6 is 0 Å². The number of hydrogen-bond acceptors (Lipinski definition) is 5. The van der Waals surface area contributed by atoms with Crippen LogP contribution in [0.2, 0.25) is 0 Å². The van der Waals surface area contributed by atoms with E-state index >= 15 is 0 Å². The average molecular weight is 292 g/mol. The average Bonchev–Trinajstić information content (AvgIpc) is 2.48. The second-order valence-corrected chi connectivity index (χ2v) is 4.96. The first kappa shape index (κ1) is 15.0. The Morgan fingerprint density at radius 1 is 1.29 bits per heavy atom. The van der Waals surface area contributed by atoms with Crippen molar-refractivity contribution in [2.75, 3.05) is 0 Å². The van der Waals surface area contributed by atoms with Crippen LogP contribution in [-0.2, 0) is 16.1 Å². The number of nitrogens with zero attached hydrogens (tertiary/aromatic N) is 1. The van der Waals surface area contributed by atoms with Gasteiger partial charge in [-0.25, -0.2) is 4.79 Å². The molecule has 2 rings (SSSR count). The first-order valence-electron chi connectivity index (χ1n) is 6.73. The molecule has 0 radical (unpaired) electrons. The highest BCUT2D eigenvalue weighted by atomic mass is 16.6. The zero-order valence-corrected chi connectivity index (χ0v) is 11.4. The molecule has 0 saturated heterocycles. The van der Waals surface area contributed by atoms with Crippen molar-refractivity contribution in [2.45, 2.75) is 38.3 Å². The molecule has 0 atom stereocenters. The number of ether oxygens (including phenoxy) is 1. The lowest BCUT2D eigenvalue weighted by atomic mass is 9.95. The number of non-ortho nitro benzene ring substituents is 1. The van der Waals surface area contributed by atoms with Gasteiger partial charge < -0.3 is 10.1 Å². The Morgan fingerprint density at radius 3 is 2.48 bits per heavy atom. The van der Waals surface area contributed by atoms with E-state index in [9.17, 15) is 19.7 Å². The number of amides is 1. The topological polar surface area (TPSA) is 98.5 Å². The number of ketones is 1. The monoisotopic (exact) mass is 292 g/mol. The maximum Gasteiger partial charge on any atom is 0.407 e. The first-order valence-corrected chi connectivity index (χ1v) is 6.73. The van der Waals surface area contributed by atoms with Crippen LogP contribution in [0.15, 0.2) is 24.3 Å². The summed E-state index contributed by atoms with van der Waals surface area (Å²) in [5, 5.41) is 13.2. The maximum absolute atomic E-state index is 11.6. The molecule has 0 heterocycles. The van der Waals surface area contributed by atoms with Gasteiger partial charge in [0.1, 0.15) is 12.4 Å². The van der Waals surface area contributed by atoms with Gasteiger partial charge in [0.2, 0.25) is 0 Å². The van der Waals surface area contributed by atoms with Crippen molar-refractivity contribution in [2.24, 2.45) is 0 Å². The van der Waals surface area contributed by atoms with Gasteiger partial charge in [-0.05, 0) is 30.5 Å². The van der Waals surface area contributed by atoms with Crippen molar-refractivity contribution in [3.8, 4) is 0 Å². The third-order valence-corrected chi connectivity index (χ3v) is 3.38. The fourth-order valence-corrected chi connectivity index (χ4v) is 2.16. The van der Waals surface area contributed by atoms with E-state index in [4.69, 9.17) is 4.74 Å². The summed E-state index contributed by atoms with van der Waals surface area (Å²) in [6.07, 6.45) is 1.74. The first-order chi connectivity index (χ1) is 10.0. The van der Waals surface area contributed by atoms with E-state index in [1.54, 1.807) is 12.1 Å². The number of rotatable bonds is 4. The minimum atomic E-state index is -0.535. The van der Waals surface area contributed by atoms with Crippen molar-refractivity contribution in [1.29, 1.82) is 0 Å². The van der Waals surface area contributed by atoms with Gasteiger partial charge in [-0.1, -0.05) is 0 Å². The normalized spacial score (nSPS) is 15.5. The molecule has 21 heavy (non-hydrogen) atoms. The second-order valence-electron chi connectivity index (χ2n) is 4.96. The summed E-state index contributed by atoms with van der Waals surface area (Å²) in [6, 6.07) is 5.80. The van der Waals surface area contributed by atoms with Gasteiger partial charge in [-0.3, -0.25) is 14.9 Å². The van der Waals surface area contributed by atoms with E-state index in [-0.39, 0.29) is 24.1 Å². The SMILES string of the molecule is O=C1CCC(NC(=O)OCc2ccc([N+](=O)[O-])cc2)CC1. The highest BCUT2D eigenvalue weighted by Crippen LogP contribution is 2.15. The van der Waals surface area contributed by atoms with Gasteiger partial charge in [-0.2, -0.15) is 0 Å². The number of benzene rings is 1. The van der Waals surface area contributed by atoms with Crippen molar-refractivity contribution in [1.82, 2.24) is 5.32 Å². The summed E-state index contributed by atoms with van der Waals surface area (Å²) >= 11 is 0. The minimum Gasteiger partial charge on any atom is -0.445 e. The fraction of sp³-hybridized carbons (Fsp3) is 0.429. The van der Waals surface area contributed by atoms with Crippen molar-refractivity contribution < 1.29 is 19.2 Å². The molecule has 1 aromatic rings. The minimum absolute atomic E-state index is 0.00456. The van der Waals surface area contributed by atoms with Gasteiger partial charge >= 0.3 is 6.09 Å². The molecule has 0 aliphatic heterocycles. The molecule has 0 spiro atoms. The van der Waals surface area contributed by atoms with Crippen LogP contribution in [0.4, 0.5) is 10.5 Å². The lowest BCUT2D eigenvalue weighted by Crippen LogP contribution is -2.37. The molecule has 1 aliphatic carbocycles. The zero-order chi connectivity index (χ0) is 15.2. The third-order valence-electron chi connectivity index (χ3n) is 3.38. The number of Topliss-reactive ketones (excluding diaryl/α,β-unsaturated/α-hetero) is 1. The van der Waals surface area contributed by atoms with Gasteiger partial charge in [0.15, 0.2) is 0 Å². The Kier molecular flexibility index (Phi) is 4.86. The number of alkyl carbamates (subject to hydrolysis) is 1. The van der Waals surface area contributed by atoms with E-state index in [1.807, 2.05) is 0 Å². The number of carbonyl (C=O) groups excluding carboxylic acids is 2. The van der Waals surface area contributed by atoms with Crippen molar-refractivity contribution >= 4 is 17.6 Å². The summed E-state index contributed by atoms with van der Waals surface area (Å²) in [4.78, 5) is 32.7. The predicted molar refractivity (Wildman–Crippen MR) is 73.7 cm³/mol. The number of carbonyl (C=O) groups is 2. The molecule has 1 N–H and O–H groups in total. The van der Waals surface area contributed by atoms with Gasteiger partial charge in [0, 0.05) is 31.0 Å². The van der Waals surface area contributed by atoms with E-state index in [0.717, 1.165) is 0 Å². The highest BCUT2D eigenvalue weighted by Gasteiger charge is 2.20.